The van der Waals surface area contributed by atoms with Crippen molar-refractivity contribution in [2.24, 2.45) is 0 Å². The molecule has 0 N–H and O–H groups in total. The van der Waals surface area contributed by atoms with Crippen molar-refractivity contribution in [2.75, 3.05) is 7.11 Å². The molecule has 2 aromatic heterocycles. The summed E-state index contributed by atoms with van der Waals surface area (Å²) in [5.74, 6) is -0.689. The van der Waals surface area contributed by atoms with Gasteiger partial charge in [0.15, 0.2) is 0 Å². The summed E-state index contributed by atoms with van der Waals surface area (Å²) < 4.78 is 5.22. The number of rotatable bonds is 4. The molecule has 0 atom stereocenters. The molecule has 8 heteroatoms. The summed E-state index contributed by atoms with van der Waals surface area (Å²) in [6.07, 6.45) is 0. The van der Waals surface area contributed by atoms with Gasteiger partial charge in [-0.25, -0.2) is 9.97 Å². The van der Waals surface area contributed by atoms with Crippen LogP contribution in [0.5, 0.6) is 17.2 Å². The molecule has 0 aliphatic carbocycles. The summed E-state index contributed by atoms with van der Waals surface area (Å²) in [5, 5.41) is 33.5. The van der Waals surface area contributed by atoms with Crippen molar-refractivity contribution in [2.45, 2.75) is 13.8 Å². The maximum Gasteiger partial charge on any atom is 3.00 e. The number of ether oxygens (including phenoxy) is 1. The fourth-order valence-corrected chi connectivity index (χ4v) is 3.13. The number of aromatic nitrogens is 2. The molecule has 0 radical (unpaired) electrons. The molecule has 2 heterocycles. The topological polar surface area (TPSA) is 121 Å². The Kier molecular flexibility index (Phi) is 9.18. The molecular formula is C26H21MnN2O5. The van der Waals surface area contributed by atoms with Gasteiger partial charge in [0.05, 0.1) is 29.9 Å². The zero-order chi connectivity index (χ0) is 24.0. The van der Waals surface area contributed by atoms with Crippen LogP contribution in [0.3, 0.4) is 0 Å². The van der Waals surface area contributed by atoms with Crippen LogP contribution in [0.4, 0.5) is 0 Å². The third kappa shape index (κ3) is 6.57. The number of nitrogens with zero attached hydrogens (tertiary/aromatic N) is 2. The van der Waals surface area contributed by atoms with Gasteiger partial charge in [0.2, 0.25) is 0 Å². The minimum atomic E-state index is -1.08. The fraction of sp³-hybridized carbons (Fsp3) is 0.115. The summed E-state index contributed by atoms with van der Waals surface area (Å²) in [5.41, 5.74) is 4.29. The van der Waals surface area contributed by atoms with E-state index in [4.69, 9.17) is 14.6 Å². The number of benzene rings is 2. The molecule has 34 heavy (non-hydrogen) atoms. The molecule has 0 aliphatic heterocycles. The van der Waals surface area contributed by atoms with Crippen molar-refractivity contribution in [1.29, 1.82) is 0 Å². The Morgan fingerprint density at radius 1 is 0.765 bits per heavy atom. The van der Waals surface area contributed by atoms with Crippen molar-refractivity contribution in [3.05, 3.63) is 78.4 Å². The molecule has 172 valence electrons. The molecule has 0 aliphatic rings. The normalized spacial score (nSPS) is 9.85. The van der Waals surface area contributed by atoms with E-state index in [0.29, 0.717) is 39.7 Å². The molecule has 0 spiro atoms. The van der Waals surface area contributed by atoms with Gasteiger partial charge >= 0.3 is 17.1 Å². The van der Waals surface area contributed by atoms with Crippen LogP contribution in [-0.4, -0.2) is 23.0 Å². The van der Waals surface area contributed by atoms with E-state index in [0.717, 1.165) is 12.5 Å². The molecule has 0 saturated carbocycles. The molecule has 0 unspecified atom stereocenters. The Balaban J connectivity index is 0.000000758. The van der Waals surface area contributed by atoms with Gasteiger partial charge in [-0.05, 0) is 61.4 Å². The number of methoxy groups -OCH3 is 1. The Morgan fingerprint density at radius 3 is 1.82 bits per heavy atom. The van der Waals surface area contributed by atoms with Gasteiger partial charge in [0, 0.05) is 5.97 Å². The average Bonchev–Trinajstić information content (AvgIpc) is 2.79. The zero-order valence-electron chi connectivity index (χ0n) is 18.7. The average molecular weight is 496 g/mol. The van der Waals surface area contributed by atoms with Crippen molar-refractivity contribution >= 4 is 5.97 Å². The third-order valence-corrected chi connectivity index (χ3v) is 4.64. The molecule has 4 rings (SSSR count). The number of hydrogen-bond acceptors (Lipinski definition) is 7. The summed E-state index contributed by atoms with van der Waals surface area (Å²) in [6.45, 7) is 2.85. The first kappa shape index (κ1) is 26.4. The molecule has 0 fully saturated rings. The van der Waals surface area contributed by atoms with E-state index in [-0.39, 0.29) is 28.6 Å². The second-order valence-electron chi connectivity index (χ2n) is 7.17. The molecular weight excluding hydrogens is 475 g/mol. The Hall–Kier alpha value is -3.87. The smallest absolute Gasteiger partial charge is 0.872 e. The van der Waals surface area contributed by atoms with Gasteiger partial charge in [0.1, 0.15) is 5.75 Å². The van der Waals surface area contributed by atoms with Crippen LogP contribution >= 0.6 is 0 Å². The third-order valence-electron chi connectivity index (χ3n) is 4.64. The molecule has 0 amide bonds. The fourth-order valence-electron chi connectivity index (χ4n) is 3.13. The zero-order valence-corrected chi connectivity index (χ0v) is 19.9. The van der Waals surface area contributed by atoms with Crippen molar-refractivity contribution in [1.82, 2.24) is 9.97 Å². The van der Waals surface area contributed by atoms with E-state index < -0.39 is 5.97 Å². The number of carbonyl (C=O) groups is 1. The Labute approximate surface area is 208 Å². The number of aliphatic carboxylic acids is 1. The Bertz CT molecular complexity index is 1290. The summed E-state index contributed by atoms with van der Waals surface area (Å²) >= 11 is 0. The number of pyridine rings is 2. The summed E-state index contributed by atoms with van der Waals surface area (Å²) in [6, 6.07) is 21.0. The van der Waals surface area contributed by atoms with E-state index in [9.17, 15) is 10.2 Å². The number of aryl methyl sites for hydroxylation is 1. The van der Waals surface area contributed by atoms with Crippen LogP contribution in [0.25, 0.3) is 33.9 Å². The number of carboxylic acids is 1. The minimum Gasteiger partial charge on any atom is -0.872 e. The molecule has 0 saturated heterocycles. The number of hydrogen-bond donors (Lipinski definition) is 0. The van der Waals surface area contributed by atoms with Crippen LogP contribution in [0.2, 0.25) is 0 Å². The van der Waals surface area contributed by atoms with E-state index in [2.05, 4.69) is 9.97 Å². The van der Waals surface area contributed by atoms with Crippen molar-refractivity contribution in [3.8, 4) is 51.2 Å². The van der Waals surface area contributed by atoms with Crippen LogP contribution in [0.15, 0.2) is 72.8 Å². The van der Waals surface area contributed by atoms with Gasteiger partial charge in [-0.1, -0.05) is 53.5 Å². The van der Waals surface area contributed by atoms with E-state index in [1.165, 1.54) is 6.07 Å². The van der Waals surface area contributed by atoms with Gasteiger partial charge in [-0.3, -0.25) is 0 Å². The predicted molar refractivity (Wildman–Crippen MR) is 119 cm³/mol. The maximum atomic E-state index is 12.3. The Morgan fingerprint density at radius 2 is 1.29 bits per heavy atom. The second-order valence-corrected chi connectivity index (χ2v) is 7.17. The van der Waals surface area contributed by atoms with Gasteiger partial charge < -0.3 is 24.9 Å². The monoisotopic (exact) mass is 496 g/mol. The minimum absolute atomic E-state index is 0. The predicted octanol–water partition coefficient (Wildman–Crippen LogP) is 2.70. The van der Waals surface area contributed by atoms with Gasteiger partial charge in [-0.2, -0.15) is 0 Å². The largest absolute Gasteiger partial charge is 3.00 e. The van der Waals surface area contributed by atoms with E-state index in [1.807, 2.05) is 37.3 Å². The quantitative estimate of drug-likeness (QED) is 0.398. The first-order valence-corrected chi connectivity index (χ1v) is 10.0. The van der Waals surface area contributed by atoms with Crippen molar-refractivity contribution < 1.29 is 41.9 Å². The first-order valence-electron chi connectivity index (χ1n) is 10.0. The SMILES string of the molecule is CC(=O)[O-].COc1ccc([O-])c(-c2cccc(-c3cccc(-c4ccc(C)cc4[O-])n3)n2)c1.[Mn+3]. The van der Waals surface area contributed by atoms with Gasteiger partial charge in [-0.15, -0.1) is 0 Å². The van der Waals surface area contributed by atoms with Crippen LogP contribution in [0.1, 0.15) is 12.5 Å². The first-order chi connectivity index (χ1) is 15.8. The maximum absolute atomic E-state index is 12.3. The standard InChI is InChI=1S/C24H20N2O3.C2H4O2.Mn/c1-15-9-11-17(24(28)13-15)19-5-3-7-21(25-19)22-8-4-6-20(26-22)18-14-16(29-2)10-12-23(18)27;1-2(3)4;/h3-14,27-28H,1-2H3;1H3,(H,3,4);/q;;+3/p-3. The van der Waals surface area contributed by atoms with Gasteiger partial charge in [0.25, 0.3) is 0 Å². The second kappa shape index (κ2) is 11.8. The molecule has 0 bridgehead atoms. The molecule has 7 nitrogen and oxygen atoms in total. The number of carbonyl (C=O) groups excluding carboxylic acids is 1. The van der Waals surface area contributed by atoms with E-state index >= 15 is 0 Å². The van der Waals surface area contributed by atoms with E-state index in [1.54, 1.807) is 43.5 Å². The summed E-state index contributed by atoms with van der Waals surface area (Å²) in [7, 11) is 1.55. The van der Waals surface area contributed by atoms with Crippen LogP contribution in [-0.2, 0) is 21.9 Å². The number of carboxylic acid groups (broad SMARTS) is 1. The summed E-state index contributed by atoms with van der Waals surface area (Å²) in [4.78, 5) is 18.1. The molecule has 4 aromatic rings. The van der Waals surface area contributed by atoms with Crippen molar-refractivity contribution in [3.63, 3.8) is 0 Å². The molecule has 2 aromatic carbocycles. The van der Waals surface area contributed by atoms with Crippen LogP contribution in [0, 0.1) is 6.92 Å². The van der Waals surface area contributed by atoms with Crippen LogP contribution < -0.4 is 20.1 Å².